The van der Waals surface area contributed by atoms with Gasteiger partial charge in [-0.1, -0.05) is 0 Å². The molecule has 0 saturated heterocycles. The van der Waals surface area contributed by atoms with Crippen LogP contribution in [0.4, 0.5) is 21.7 Å². The molecule has 148 valence electrons. The highest BCUT2D eigenvalue weighted by Gasteiger charge is 2.13. The molecule has 0 unspecified atom stereocenters. The molecule has 29 heavy (non-hydrogen) atoms. The number of nitrogens with zero attached hydrogens (tertiary/aromatic N) is 4. The average molecular weight is 394 g/mol. The lowest BCUT2D eigenvalue weighted by Crippen LogP contribution is -2.07. The van der Waals surface area contributed by atoms with E-state index in [2.05, 4.69) is 20.4 Å². The molecule has 0 aliphatic rings. The Bertz CT molecular complexity index is 1130. The number of ether oxygens (including phenoxy) is 2. The molecule has 2 heterocycles. The molecule has 0 saturated carbocycles. The number of hydrogen-bond donors (Lipinski definition) is 2. The van der Waals surface area contributed by atoms with Gasteiger partial charge in [0.15, 0.2) is 11.6 Å². The van der Waals surface area contributed by atoms with Gasteiger partial charge in [-0.05, 0) is 42.5 Å². The molecule has 0 atom stereocenters. The van der Waals surface area contributed by atoms with Crippen molar-refractivity contribution in [2.24, 2.45) is 0 Å². The summed E-state index contributed by atoms with van der Waals surface area (Å²) in [6, 6.07) is 12.6. The standard InChI is InChI=1S/C20H19FN6O2/c1-28-8-9-29-16-6-4-15(5-7-16)25-20-23-12-17(21)19(26-20)27-18-10-14(22)3-2-13(18)11-24-27/h2-7,10-12H,8-9,22H2,1H3,(H,23,25,26). The lowest BCUT2D eigenvalue weighted by molar-refractivity contribution is 0.146. The first-order chi connectivity index (χ1) is 14.1. The fourth-order valence-corrected chi connectivity index (χ4v) is 2.78. The smallest absolute Gasteiger partial charge is 0.229 e. The Morgan fingerprint density at radius 1 is 1.10 bits per heavy atom. The fraction of sp³-hybridized carbons (Fsp3) is 0.150. The molecule has 0 radical (unpaired) electrons. The Morgan fingerprint density at radius 2 is 1.93 bits per heavy atom. The molecule has 0 aliphatic carbocycles. The van der Waals surface area contributed by atoms with Crippen molar-refractivity contribution in [1.29, 1.82) is 0 Å². The van der Waals surface area contributed by atoms with Crippen LogP contribution < -0.4 is 15.8 Å². The van der Waals surface area contributed by atoms with Gasteiger partial charge in [-0.3, -0.25) is 0 Å². The second-order valence-electron chi connectivity index (χ2n) is 6.23. The maximum atomic E-state index is 14.4. The van der Waals surface area contributed by atoms with E-state index in [0.717, 1.165) is 17.3 Å². The van der Waals surface area contributed by atoms with Gasteiger partial charge >= 0.3 is 0 Å². The van der Waals surface area contributed by atoms with E-state index >= 15 is 0 Å². The molecule has 4 aromatic rings. The first-order valence-electron chi connectivity index (χ1n) is 8.89. The molecule has 0 spiro atoms. The van der Waals surface area contributed by atoms with Crippen LogP contribution in [-0.2, 0) is 4.74 Å². The zero-order chi connectivity index (χ0) is 20.2. The lowest BCUT2D eigenvalue weighted by atomic mass is 10.2. The number of fused-ring (bicyclic) bond motifs is 1. The molecular formula is C20H19FN6O2. The highest BCUT2D eigenvalue weighted by molar-refractivity contribution is 5.83. The molecule has 8 nitrogen and oxygen atoms in total. The first-order valence-corrected chi connectivity index (χ1v) is 8.89. The second-order valence-corrected chi connectivity index (χ2v) is 6.23. The van der Waals surface area contributed by atoms with Gasteiger partial charge in [-0.2, -0.15) is 10.1 Å². The van der Waals surface area contributed by atoms with Crippen molar-refractivity contribution in [3.8, 4) is 11.6 Å². The minimum Gasteiger partial charge on any atom is -0.491 e. The second kappa shape index (κ2) is 8.11. The average Bonchev–Trinajstić information content (AvgIpc) is 3.14. The van der Waals surface area contributed by atoms with Crippen LogP contribution in [0.3, 0.4) is 0 Å². The van der Waals surface area contributed by atoms with Gasteiger partial charge in [0.05, 0.1) is 24.5 Å². The molecular weight excluding hydrogens is 375 g/mol. The normalized spacial score (nSPS) is 11.0. The summed E-state index contributed by atoms with van der Waals surface area (Å²) in [5, 5.41) is 8.12. The molecule has 2 aromatic heterocycles. The highest BCUT2D eigenvalue weighted by atomic mass is 19.1. The first kappa shape index (κ1) is 18.6. The summed E-state index contributed by atoms with van der Waals surface area (Å²) in [5.41, 5.74) is 7.80. The van der Waals surface area contributed by atoms with Gasteiger partial charge in [-0.25, -0.2) is 14.1 Å². The van der Waals surface area contributed by atoms with Crippen molar-refractivity contribution < 1.29 is 13.9 Å². The molecule has 3 N–H and O–H groups in total. The topological polar surface area (TPSA) is 100 Å². The van der Waals surface area contributed by atoms with Gasteiger partial charge in [0.25, 0.3) is 0 Å². The highest BCUT2D eigenvalue weighted by Crippen LogP contribution is 2.23. The number of nitrogen functional groups attached to an aromatic ring is 1. The van der Waals surface area contributed by atoms with Gasteiger partial charge in [0.2, 0.25) is 5.95 Å². The third-order valence-electron chi connectivity index (χ3n) is 4.19. The van der Waals surface area contributed by atoms with Crippen LogP contribution in [0.15, 0.2) is 54.9 Å². The number of methoxy groups -OCH3 is 1. The summed E-state index contributed by atoms with van der Waals surface area (Å²) >= 11 is 0. The van der Waals surface area contributed by atoms with Crippen LogP contribution in [0.1, 0.15) is 0 Å². The molecule has 0 aliphatic heterocycles. The van der Waals surface area contributed by atoms with Crippen molar-refractivity contribution in [2.45, 2.75) is 0 Å². The summed E-state index contributed by atoms with van der Waals surface area (Å²) < 4.78 is 26.3. The third kappa shape index (κ3) is 4.09. The van der Waals surface area contributed by atoms with E-state index in [9.17, 15) is 4.39 Å². The Labute approximate surface area is 166 Å². The van der Waals surface area contributed by atoms with Crippen molar-refractivity contribution in [3.63, 3.8) is 0 Å². The van der Waals surface area contributed by atoms with E-state index in [0.29, 0.717) is 30.2 Å². The van der Waals surface area contributed by atoms with Crippen LogP contribution >= 0.6 is 0 Å². The van der Waals surface area contributed by atoms with E-state index in [-0.39, 0.29) is 11.8 Å². The van der Waals surface area contributed by atoms with Gasteiger partial charge in [-0.15, -0.1) is 0 Å². The lowest BCUT2D eigenvalue weighted by Gasteiger charge is -2.10. The number of halogens is 1. The largest absolute Gasteiger partial charge is 0.491 e. The molecule has 0 fully saturated rings. The number of benzene rings is 2. The number of anilines is 3. The number of rotatable bonds is 7. The van der Waals surface area contributed by atoms with Gasteiger partial charge in [0, 0.05) is 23.9 Å². The quantitative estimate of drug-likeness (QED) is 0.366. The number of nitrogens with one attached hydrogen (secondary N) is 1. The van der Waals surface area contributed by atoms with Crippen LogP contribution in [0.25, 0.3) is 16.7 Å². The minimum absolute atomic E-state index is 0.0302. The molecule has 0 bridgehead atoms. The van der Waals surface area contributed by atoms with Crippen LogP contribution in [-0.4, -0.2) is 40.1 Å². The minimum atomic E-state index is -0.593. The van der Waals surface area contributed by atoms with E-state index in [1.165, 1.54) is 4.68 Å². The predicted octanol–water partition coefficient (Wildman–Crippen LogP) is 3.31. The summed E-state index contributed by atoms with van der Waals surface area (Å²) in [6.45, 7) is 0.982. The van der Waals surface area contributed by atoms with Crippen molar-refractivity contribution in [2.75, 3.05) is 31.4 Å². The zero-order valence-electron chi connectivity index (χ0n) is 15.7. The third-order valence-corrected chi connectivity index (χ3v) is 4.19. The predicted molar refractivity (Wildman–Crippen MR) is 108 cm³/mol. The van der Waals surface area contributed by atoms with Gasteiger partial charge < -0.3 is 20.5 Å². The SMILES string of the molecule is COCCOc1ccc(Nc2ncc(F)c(-n3ncc4ccc(N)cc43)n2)cc1. The molecule has 9 heteroatoms. The van der Waals surface area contributed by atoms with Crippen molar-refractivity contribution >= 4 is 28.2 Å². The Kier molecular flexibility index (Phi) is 5.21. The fourth-order valence-electron chi connectivity index (χ4n) is 2.78. The summed E-state index contributed by atoms with van der Waals surface area (Å²) in [7, 11) is 1.62. The maximum Gasteiger partial charge on any atom is 0.229 e. The summed E-state index contributed by atoms with van der Waals surface area (Å²) in [5.74, 6) is 0.392. The summed E-state index contributed by atoms with van der Waals surface area (Å²) in [4.78, 5) is 8.30. The van der Waals surface area contributed by atoms with Crippen LogP contribution in [0.2, 0.25) is 0 Å². The zero-order valence-corrected chi connectivity index (χ0v) is 15.7. The molecule has 0 amide bonds. The van der Waals surface area contributed by atoms with Crippen molar-refractivity contribution in [1.82, 2.24) is 19.7 Å². The van der Waals surface area contributed by atoms with E-state index in [1.54, 1.807) is 25.4 Å². The number of aromatic nitrogens is 4. The maximum absolute atomic E-state index is 14.4. The van der Waals surface area contributed by atoms with E-state index < -0.39 is 5.82 Å². The number of nitrogens with two attached hydrogens (primary N) is 1. The van der Waals surface area contributed by atoms with Gasteiger partial charge in [0.1, 0.15) is 12.4 Å². The summed E-state index contributed by atoms with van der Waals surface area (Å²) in [6.07, 6.45) is 2.73. The monoisotopic (exact) mass is 394 g/mol. The Balaban J connectivity index is 1.58. The van der Waals surface area contributed by atoms with Crippen LogP contribution in [0.5, 0.6) is 5.75 Å². The Morgan fingerprint density at radius 3 is 2.72 bits per heavy atom. The van der Waals surface area contributed by atoms with E-state index in [4.69, 9.17) is 15.2 Å². The molecule has 2 aromatic carbocycles. The number of hydrogen-bond acceptors (Lipinski definition) is 7. The van der Waals surface area contributed by atoms with Crippen LogP contribution in [0, 0.1) is 5.82 Å². The van der Waals surface area contributed by atoms with E-state index in [1.807, 2.05) is 30.3 Å². The Hall–Kier alpha value is -3.72. The van der Waals surface area contributed by atoms with Crippen molar-refractivity contribution in [3.05, 3.63) is 60.7 Å². The molecule has 4 rings (SSSR count).